The molecule has 204 valence electrons. The molecule has 6 aliphatic rings. The van der Waals surface area contributed by atoms with Crippen molar-refractivity contribution in [3.8, 4) is 0 Å². The minimum Gasteiger partial charge on any atom is -0.497 e. The minimum atomic E-state index is -0.826. The molecule has 0 amide bonds. The molecular formula is C31H45NO5. The first-order valence-electron chi connectivity index (χ1n) is 14.4. The molecular weight excluding hydrogens is 466 g/mol. The molecule has 0 unspecified atom stereocenters. The van der Waals surface area contributed by atoms with Crippen LogP contribution in [0, 0.1) is 50.7 Å². The van der Waals surface area contributed by atoms with Crippen LogP contribution in [0.3, 0.4) is 0 Å². The maximum absolute atomic E-state index is 13.5. The first-order chi connectivity index (χ1) is 17.3. The Balaban J connectivity index is 1.51. The van der Waals surface area contributed by atoms with Gasteiger partial charge in [-0.05, 0) is 79.1 Å². The number of aliphatic hydroxyl groups excluding tert-OH is 1. The van der Waals surface area contributed by atoms with Crippen LogP contribution in [0.1, 0.15) is 86.5 Å². The number of aliphatic hydroxyl groups is 1. The molecule has 0 aromatic heterocycles. The maximum Gasteiger partial charge on any atom is 0.312 e. The third kappa shape index (κ3) is 2.76. The van der Waals surface area contributed by atoms with Gasteiger partial charge in [0.15, 0.2) is 0 Å². The van der Waals surface area contributed by atoms with Crippen molar-refractivity contribution in [3.05, 3.63) is 23.0 Å². The largest absolute Gasteiger partial charge is 0.497 e. The smallest absolute Gasteiger partial charge is 0.312 e. The number of oxime groups is 1. The predicted octanol–water partition coefficient (Wildman–Crippen LogP) is 5.88. The fourth-order valence-corrected chi connectivity index (χ4v) is 10.9. The zero-order valence-electron chi connectivity index (χ0n) is 23.7. The van der Waals surface area contributed by atoms with Crippen molar-refractivity contribution in [2.24, 2.45) is 55.9 Å². The lowest BCUT2D eigenvalue weighted by molar-refractivity contribution is -0.172. The number of allylic oxidation sites excluding steroid dienone is 3. The summed E-state index contributed by atoms with van der Waals surface area (Å²) in [7, 11) is 1.56. The molecule has 0 aromatic carbocycles. The molecule has 2 N–H and O–H groups in total. The molecule has 1 heterocycles. The highest BCUT2D eigenvalue weighted by Gasteiger charge is 2.71. The highest BCUT2D eigenvalue weighted by atomic mass is 16.5. The summed E-state index contributed by atoms with van der Waals surface area (Å²) in [4.78, 5) is 13.5. The van der Waals surface area contributed by atoms with Crippen LogP contribution in [0.25, 0.3) is 0 Å². The zero-order valence-corrected chi connectivity index (χ0v) is 23.7. The molecule has 5 aliphatic carbocycles. The average Bonchev–Trinajstić information content (AvgIpc) is 3.22. The number of nitrogens with zero attached hydrogens (tertiary/aromatic N) is 1. The molecule has 0 aromatic rings. The lowest BCUT2D eigenvalue weighted by Crippen LogP contribution is -2.64. The Morgan fingerprint density at radius 3 is 2.51 bits per heavy atom. The van der Waals surface area contributed by atoms with Crippen LogP contribution in [0.5, 0.6) is 0 Å². The number of fused-ring (bicyclic) bond motifs is 6. The van der Waals surface area contributed by atoms with Crippen molar-refractivity contribution >= 4 is 11.7 Å². The molecule has 3 saturated carbocycles. The SMILES string of the molecule is COC(=O)[C@]12CC[C@@H](C)[C@H](C)[C@H]1C1=CC[C@@H]3[C@@]4(C)C/C(=N\O)[C@H](O)[C@@]5(C)COC(=C45)C[C@@]3(C)[C@]1(C)CC2. The molecule has 0 bridgehead atoms. The van der Waals surface area contributed by atoms with E-state index in [2.05, 4.69) is 52.8 Å². The normalized spacial score (nSPS) is 53.4. The number of carbonyl (C=O) groups excluding carboxylic acids is 1. The summed E-state index contributed by atoms with van der Waals surface area (Å²) in [5, 5.41) is 24.7. The van der Waals surface area contributed by atoms with Crippen LogP contribution in [-0.2, 0) is 14.3 Å². The summed E-state index contributed by atoms with van der Waals surface area (Å²) >= 11 is 0. The van der Waals surface area contributed by atoms with Crippen molar-refractivity contribution in [2.45, 2.75) is 92.6 Å². The Morgan fingerprint density at radius 2 is 1.84 bits per heavy atom. The second kappa shape index (κ2) is 7.64. The summed E-state index contributed by atoms with van der Waals surface area (Å²) in [5.74, 6) is 2.53. The fourth-order valence-electron chi connectivity index (χ4n) is 10.9. The molecule has 1 aliphatic heterocycles. The second-order valence-corrected chi connectivity index (χ2v) is 14.5. The quantitative estimate of drug-likeness (QED) is 0.199. The third-order valence-electron chi connectivity index (χ3n) is 13.2. The number of rotatable bonds is 1. The van der Waals surface area contributed by atoms with Crippen molar-refractivity contribution in [3.63, 3.8) is 0 Å². The molecule has 3 fully saturated rings. The van der Waals surface area contributed by atoms with E-state index in [1.807, 2.05) is 0 Å². The van der Waals surface area contributed by atoms with Gasteiger partial charge in [-0.3, -0.25) is 4.79 Å². The van der Waals surface area contributed by atoms with E-state index in [0.717, 1.165) is 44.3 Å². The molecule has 6 heteroatoms. The van der Waals surface area contributed by atoms with Gasteiger partial charge in [0, 0.05) is 18.3 Å². The summed E-state index contributed by atoms with van der Waals surface area (Å²) in [5.41, 5.74) is 1.79. The van der Waals surface area contributed by atoms with Gasteiger partial charge in [0.25, 0.3) is 0 Å². The lowest BCUT2D eigenvalue weighted by atomic mass is 9.35. The van der Waals surface area contributed by atoms with E-state index in [0.29, 0.717) is 36.5 Å². The van der Waals surface area contributed by atoms with E-state index in [9.17, 15) is 15.1 Å². The summed E-state index contributed by atoms with van der Waals surface area (Å²) in [6.07, 6.45) is 7.81. The van der Waals surface area contributed by atoms with E-state index in [1.54, 1.807) is 7.11 Å². The van der Waals surface area contributed by atoms with Crippen LogP contribution in [0.2, 0.25) is 0 Å². The van der Waals surface area contributed by atoms with E-state index < -0.39 is 16.9 Å². The van der Waals surface area contributed by atoms with E-state index in [1.165, 1.54) is 11.1 Å². The zero-order chi connectivity index (χ0) is 26.8. The van der Waals surface area contributed by atoms with Gasteiger partial charge in [-0.2, -0.15) is 0 Å². The van der Waals surface area contributed by atoms with Crippen molar-refractivity contribution < 1.29 is 24.6 Å². The van der Waals surface area contributed by atoms with Crippen LogP contribution in [-0.4, -0.2) is 41.8 Å². The monoisotopic (exact) mass is 511 g/mol. The van der Waals surface area contributed by atoms with Gasteiger partial charge in [0.05, 0.1) is 36.0 Å². The van der Waals surface area contributed by atoms with Gasteiger partial charge < -0.3 is 19.8 Å². The van der Waals surface area contributed by atoms with Gasteiger partial charge in [0.1, 0.15) is 6.10 Å². The number of methoxy groups -OCH3 is 1. The molecule has 0 spiro atoms. The van der Waals surface area contributed by atoms with Crippen molar-refractivity contribution in [1.29, 1.82) is 0 Å². The Bertz CT molecular complexity index is 1140. The maximum atomic E-state index is 13.5. The summed E-state index contributed by atoms with van der Waals surface area (Å²) < 4.78 is 11.9. The highest BCUT2D eigenvalue weighted by molar-refractivity contribution is 5.92. The molecule has 6 nitrogen and oxygen atoms in total. The Labute approximate surface area is 221 Å². The lowest BCUT2D eigenvalue weighted by Gasteiger charge is -2.68. The van der Waals surface area contributed by atoms with Gasteiger partial charge in [0.2, 0.25) is 0 Å². The highest BCUT2D eigenvalue weighted by Crippen LogP contribution is 2.76. The molecule has 37 heavy (non-hydrogen) atoms. The van der Waals surface area contributed by atoms with Gasteiger partial charge >= 0.3 is 5.97 Å². The second-order valence-electron chi connectivity index (χ2n) is 14.5. The van der Waals surface area contributed by atoms with E-state index in [4.69, 9.17) is 9.47 Å². The van der Waals surface area contributed by atoms with Crippen LogP contribution in [0.4, 0.5) is 0 Å². The standard InChI is InChI=1S/C31H45NO5/c1-17-10-11-31(26(34)36-7)13-12-29(5)19(23(31)18(17)2)8-9-22-27(3)14-20(32-35)25(33)28(4)16-37-21(24(27)28)15-30(22,29)6/h8,17-18,22-23,25,33,35H,9-16H2,1-7H3/b32-20+/t17-,18+,22-,23+,25+,27-,28+,29-,30-,31+/m1/s1. The van der Waals surface area contributed by atoms with Crippen LogP contribution >= 0.6 is 0 Å². The number of ether oxygens (including phenoxy) is 2. The average molecular weight is 512 g/mol. The topological polar surface area (TPSA) is 88.4 Å². The molecule has 0 saturated heterocycles. The molecule has 0 radical (unpaired) electrons. The summed E-state index contributed by atoms with van der Waals surface area (Å²) in [6.45, 7) is 14.4. The van der Waals surface area contributed by atoms with Gasteiger partial charge in [-0.15, -0.1) is 0 Å². The number of hydrogen-bond donors (Lipinski definition) is 2. The van der Waals surface area contributed by atoms with Crippen LogP contribution < -0.4 is 0 Å². The minimum absolute atomic E-state index is 0.0213. The van der Waals surface area contributed by atoms with Crippen molar-refractivity contribution in [2.75, 3.05) is 13.7 Å². The Hall–Kier alpha value is -1.82. The summed E-state index contributed by atoms with van der Waals surface area (Å²) in [6, 6.07) is 0. The van der Waals surface area contributed by atoms with Gasteiger partial charge in [-0.25, -0.2) is 0 Å². The Kier molecular flexibility index (Phi) is 5.26. The molecule has 10 atom stereocenters. The number of carbonyl (C=O) groups is 1. The van der Waals surface area contributed by atoms with E-state index in [-0.39, 0.29) is 28.1 Å². The van der Waals surface area contributed by atoms with E-state index >= 15 is 0 Å². The molecule has 6 rings (SSSR count). The first kappa shape index (κ1) is 25.5. The third-order valence-corrected chi connectivity index (χ3v) is 13.2. The number of hydrogen-bond acceptors (Lipinski definition) is 6. The Morgan fingerprint density at radius 1 is 1.11 bits per heavy atom. The van der Waals surface area contributed by atoms with Gasteiger partial charge in [-0.1, -0.05) is 51.4 Å². The fraction of sp³-hybridized carbons (Fsp3) is 0.806. The van der Waals surface area contributed by atoms with Crippen LogP contribution in [0.15, 0.2) is 28.1 Å². The first-order valence-corrected chi connectivity index (χ1v) is 14.4. The number of esters is 1. The van der Waals surface area contributed by atoms with Crippen molar-refractivity contribution in [1.82, 2.24) is 0 Å². The predicted molar refractivity (Wildman–Crippen MR) is 141 cm³/mol.